The van der Waals surface area contributed by atoms with E-state index in [2.05, 4.69) is 10.6 Å². The van der Waals surface area contributed by atoms with E-state index >= 15 is 0 Å². The van der Waals surface area contributed by atoms with Gasteiger partial charge in [-0.05, 0) is 39.2 Å². The number of nitrogens with one attached hydrogen (secondary N) is 2. The van der Waals surface area contributed by atoms with Crippen LogP contribution >= 0.6 is 11.8 Å². The quantitative estimate of drug-likeness (QED) is 0.596. The normalized spacial score (nSPS) is 12.8. The molecule has 0 heterocycles. The molecule has 0 radical (unpaired) electrons. The standard InChI is InChI=1S/C12H24N2O4S/c1-5-18-12(2,3)8-13-11(17)14-9(10(15)16)6-7-19-4/h9H,5-8H2,1-4H3,(H,15,16)(H2,13,14,17)/t9-/m0/s1. The van der Waals surface area contributed by atoms with Crippen LogP contribution in [0.15, 0.2) is 0 Å². The van der Waals surface area contributed by atoms with Gasteiger partial charge in [0.1, 0.15) is 6.04 Å². The van der Waals surface area contributed by atoms with Crippen LogP contribution in [0.5, 0.6) is 0 Å². The summed E-state index contributed by atoms with van der Waals surface area (Å²) >= 11 is 1.54. The van der Waals surface area contributed by atoms with E-state index in [0.717, 1.165) is 0 Å². The van der Waals surface area contributed by atoms with E-state index < -0.39 is 23.6 Å². The van der Waals surface area contributed by atoms with Crippen LogP contribution in [0.2, 0.25) is 0 Å². The van der Waals surface area contributed by atoms with Crippen LogP contribution in [0.1, 0.15) is 27.2 Å². The number of thioether (sulfide) groups is 1. The highest BCUT2D eigenvalue weighted by atomic mass is 32.2. The van der Waals surface area contributed by atoms with Crippen molar-refractivity contribution in [3.8, 4) is 0 Å². The summed E-state index contributed by atoms with van der Waals surface area (Å²) in [5.74, 6) is -0.338. The highest BCUT2D eigenvalue weighted by Gasteiger charge is 2.22. The summed E-state index contributed by atoms with van der Waals surface area (Å²) in [6.07, 6.45) is 2.29. The average molecular weight is 292 g/mol. The van der Waals surface area contributed by atoms with Crippen LogP contribution in [0.25, 0.3) is 0 Å². The van der Waals surface area contributed by atoms with E-state index in [1.807, 2.05) is 27.0 Å². The van der Waals surface area contributed by atoms with Gasteiger partial charge in [0.05, 0.1) is 5.60 Å². The molecule has 0 aromatic heterocycles. The molecule has 0 aliphatic rings. The van der Waals surface area contributed by atoms with E-state index in [1.165, 1.54) is 0 Å². The first kappa shape index (κ1) is 18.0. The summed E-state index contributed by atoms with van der Waals surface area (Å²) in [6.45, 7) is 6.48. The zero-order valence-electron chi connectivity index (χ0n) is 12.0. The summed E-state index contributed by atoms with van der Waals surface area (Å²) < 4.78 is 5.43. The number of aliphatic carboxylic acids is 1. The van der Waals surface area contributed by atoms with Crippen molar-refractivity contribution in [1.29, 1.82) is 0 Å². The molecule has 0 aliphatic carbocycles. The van der Waals surface area contributed by atoms with Crippen LogP contribution < -0.4 is 10.6 Å². The Morgan fingerprint density at radius 1 is 1.42 bits per heavy atom. The fourth-order valence-electron chi connectivity index (χ4n) is 1.44. The monoisotopic (exact) mass is 292 g/mol. The van der Waals surface area contributed by atoms with Crippen molar-refractivity contribution in [2.24, 2.45) is 0 Å². The fraction of sp³-hybridized carbons (Fsp3) is 0.833. The van der Waals surface area contributed by atoms with Crippen molar-refractivity contribution in [2.45, 2.75) is 38.8 Å². The van der Waals surface area contributed by atoms with Gasteiger partial charge in [-0.15, -0.1) is 0 Å². The van der Waals surface area contributed by atoms with E-state index in [-0.39, 0.29) is 0 Å². The fourth-order valence-corrected chi connectivity index (χ4v) is 1.91. The predicted octanol–water partition coefficient (Wildman–Crippen LogP) is 1.31. The molecule has 0 aromatic carbocycles. The summed E-state index contributed by atoms with van der Waals surface area (Å²) in [5, 5.41) is 14.1. The van der Waals surface area contributed by atoms with Crippen LogP contribution in [0.3, 0.4) is 0 Å². The second-order valence-electron chi connectivity index (χ2n) is 4.69. The molecule has 0 unspecified atom stereocenters. The third kappa shape index (κ3) is 8.72. The van der Waals surface area contributed by atoms with E-state index in [0.29, 0.717) is 25.3 Å². The van der Waals surface area contributed by atoms with E-state index in [9.17, 15) is 9.59 Å². The van der Waals surface area contributed by atoms with Crippen LogP contribution in [-0.4, -0.2) is 53.9 Å². The molecule has 0 fully saturated rings. The molecule has 6 nitrogen and oxygen atoms in total. The average Bonchev–Trinajstić information content (AvgIpc) is 2.31. The minimum absolute atomic E-state index is 0.321. The molecular formula is C12H24N2O4S. The minimum atomic E-state index is -1.02. The lowest BCUT2D eigenvalue weighted by Gasteiger charge is -2.25. The van der Waals surface area contributed by atoms with Gasteiger partial charge < -0.3 is 20.5 Å². The highest BCUT2D eigenvalue weighted by molar-refractivity contribution is 7.98. The van der Waals surface area contributed by atoms with E-state index in [4.69, 9.17) is 9.84 Å². The number of amides is 2. The van der Waals surface area contributed by atoms with Gasteiger partial charge in [0.25, 0.3) is 0 Å². The molecule has 0 aromatic rings. The molecule has 7 heteroatoms. The molecule has 0 rings (SSSR count). The molecular weight excluding hydrogens is 268 g/mol. The number of carbonyl (C=O) groups is 2. The number of rotatable bonds is 9. The van der Waals surface area contributed by atoms with Crippen molar-refractivity contribution in [1.82, 2.24) is 10.6 Å². The molecule has 0 spiro atoms. The lowest BCUT2D eigenvalue weighted by molar-refractivity contribution is -0.139. The molecule has 1 atom stereocenters. The molecule has 112 valence electrons. The Morgan fingerprint density at radius 2 is 2.05 bits per heavy atom. The maximum Gasteiger partial charge on any atom is 0.326 e. The van der Waals surface area contributed by atoms with Gasteiger partial charge in [-0.1, -0.05) is 0 Å². The van der Waals surface area contributed by atoms with Crippen molar-refractivity contribution in [2.75, 3.05) is 25.2 Å². The number of carboxylic acid groups (broad SMARTS) is 1. The predicted molar refractivity (Wildman–Crippen MR) is 76.7 cm³/mol. The maximum atomic E-state index is 11.6. The van der Waals surface area contributed by atoms with Crippen LogP contribution in [-0.2, 0) is 9.53 Å². The van der Waals surface area contributed by atoms with Gasteiger partial charge in [-0.25, -0.2) is 9.59 Å². The molecule has 3 N–H and O–H groups in total. The maximum absolute atomic E-state index is 11.6. The van der Waals surface area contributed by atoms with Crippen LogP contribution in [0, 0.1) is 0 Å². The third-order valence-electron chi connectivity index (χ3n) is 2.42. The summed E-state index contributed by atoms with van der Waals surface area (Å²) in [7, 11) is 0. The smallest absolute Gasteiger partial charge is 0.326 e. The first-order valence-electron chi connectivity index (χ1n) is 6.22. The Labute approximate surface area is 118 Å². The second kappa shape index (κ2) is 9.03. The second-order valence-corrected chi connectivity index (χ2v) is 5.68. The van der Waals surface area contributed by atoms with Gasteiger partial charge in [-0.2, -0.15) is 11.8 Å². The Kier molecular flexibility index (Phi) is 8.58. The number of ether oxygens (including phenoxy) is 1. The van der Waals surface area contributed by atoms with Crippen molar-refractivity contribution in [3.63, 3.8) is 0 Å². The van der Waals surface area contributed by atoms with Gasteiger partial charge in [-0.3, -0.25) is 0 Å². The molecule has 0 saturated heterocycles. The lowest BCUT2D eigenvalue weighted by Crippen LogP contribution is -2.50. The number of carbonyl (C=O) groups excluding carboxylic acids is 1. The highest BCUT2D eigenvalue weighted by Crippen LogP contribution is 2.06. The summed E-state index contributed by atoms with van der Waals surface area (Å²) in [5.41, 5.74) is -0.468. The van der Waals surface area contributed by atoms with Crippen molar-refractivity contribution < 1.29 is 19.4 Å². The zero-order valence-corrected chi connectivity index (χ0v) is 12.8. The Balaban J connectivity index is 4.16. The number of hydrogen-bond donors (Lipinski definition) is 3. The first-order chi connectivity index (χ1) is 8.82. The largest absolute Gasteiger partial charge is 0.480 e. The molecule has 19 heavy (non-hydrogen) atoms. The topological polar surface area (TPSA) is 87.7 Å². The van der Waals surface area contributed by atoms with E-state index in [1.54, 1.807) is 11.8 Å². The Hall–Kier alpha value is -0.950. The first-order valence-corrected chi connectivity index (χ1v) is 7.62. The van der Waals surface area contributed by atoms with Gasteiger partial charge in [0.15, 0.2) is 0 Å². The zero-order chi connectivity index (χ0) is 14.9. The van der Waals surface area contributed by atoms with Gasteiger partial charge >= 0.3 is 12.0 Å². The summed E-state index contributed by atoms with van der Waals surface area (Å²) in [6, 6.07) is -1.34. The van der Waals surface area contributed by atoms with Crippen molar-refractivity contribution in [3.05, 3.63) is 0 Å². The third-order valence-corrected chi connectivity index (χ3v) is 3.07. The SMILES string of the molecule is CCOC(C)(C)CNC(=O)N[C@@H](CCSC)C(=O)O. The van der Waals surface area contributed by atoms with Gasteiger partial charge in [0.2, 0.25) is 0 Å². The molecule has 2 amide bonds. The number of hydrogen-bond acceptors (Lipinski definition) is 4. The minimum Gasteiger partial charge on any atom is -0.480 e. The number of urea groups is 1. The lowest BCUT2D eigenvalue weighted by atomic mass is 10.1. The van der Waals surface area contributed by atoms with Crippen LogP contribution in [0.4, 0.5) is 4.79 Å². The number of carboxylic acids is 1. The summed E-state index contributed by atoms with van der Waals surface area (Å²) in [4.78, 5) is 22.6. The van der Waals surface area contributed by atoms with Crippen molar-refractivity contribution >= 4 is 23.8 Å². The molecule has 0 bridgehead atoms. The Bertz CT molecular complexity index is 297. The Morgan fingerprint density at radius 3 is 2.53 bits per heavy atom. The molecule has 0 saturated carbocycles. The molecule has 0 aliphatic heterocycles. The van der Waals surface area contributed by atoms with Gasteiger partial charge in [0, 0.05) is 13.2 Å².